The van der Waals surface area contributed by atoms with Crippen molar-refractivity contribution in [1.82, 2.24) is 15.3 Å². The summed E-state index contributed by atoms with van der Waals surface area (Å²) in [6, 6.07) is 2.48. The molecule has 1 aliphatic rings. The van der Waals surface area contributed by atoms with Crippen LogP contribution in [0.2, 0.25) is 0 Å². The van der Waals surface area contributed by atoms with E-state index in [1.54, 1.807) is 7.11 Å². The molecule has 1 N–H and O–H groups in total. The Morgan fingerprint density at radius 1 is 1.37 bits per heavy atom. The van der Waals surface area contributed by atoms with Crippen molar-refractivity contribution in [2.45, 2.75) is 52.0 Å². The lowest BCUT2D eigenvalue weighted by atomic mass is 10.0. The van der Waals surface area contributed by atoms with Gasteiger partial charge in [0, 0.05) is 24.2 Å². The molecule has 0 saturated carbocycles. The molecule has 1 aromatic rings. The SMILES string of the molecule is COc1cc(CC(C)C)nc(CC2CCCCN2)n1. The minimum atomic E-state index is 0.521. The Balaban J connectivity index is 2.09. The molecule has 4 heteroatoms. The van der Waals surface area contributed by atoms with E-state index in [1.807, 2.05) is 6.07 Å². The molecule has 19 heavy (non-hydrogen) atoms. The zero-order chi connectivity index (χ0) is 13.7. The zero-order valence-corrected chi connectivity index (χ0v) is 12.3. The normalized spacial score (nSPS) is 19.7. The van der Waals surface area contributed by atoms with Gasteiger partial charge in [-0.3, -0.25) is 0 Å². The molecule has 0 spiro atoms. The van der Waals surface area contributed by atoms with Crippen LogP contribution in [0, 0.1) is 5.92 Å². The Morgan fingerprint density at radius 2 is 2.21 bits per heavy atom. The number of piperidine rings is 1. The van der Waals surface area contributed by atoms with Crippen LogP contribution in [0.5, 0.6) is 5.88 Å². The second-order valence-corrected chi connectivity index (χ2v) is 5.77. The molecule has 4 nitrogen and oxygen atoms in total. The van der Waals surface area contributed by atoms with E-state index in [9.17, 15) is 0 Å². The first-order valence-electron chi connectivity index (χ1n) is 7.31. The van der Waals surface area contributed by atoms with E-state index in [0.29, 0.717) is 17.8 Å². The van der Waals surface area contributed by atoms with E-state index in [4.69, 9.17) is 4.74 Å². The van der Waals surface area contributed by atoms with Crippen LogP contribution in [0.4, 0.5) is 0 Å². The number of methoxy groups -OCH3 is 1. The lowest BCUT2D eigenvalue weighted by Crippen LogP contribution is -2.36. The van der Waals surface area contributed by atoms with E-state index in [0.717, 1.165) is 30.9 Å². The Hall–Kier alpha value is -1.16. The number of ether oxygens (including phenoxy) is 1. The van der Waals surface area contributed by atoms with Gasteiger partial charge in [-0.05, 0) is 31.7 Å². The molecule has 1 unspecified atom stereocenters. The van der Waals surface area contributed by atoms with Gasteiger partial charge in [0.05, 0.1) is 7.11 Å². The fourth-order valence-corrected chi connectivity index (χ4v) is 2.56. The van der Waals surface area contributed by atoms with Crippen LogP contribution in [0.25, 0.3) is 0 Å². The second-order valence-electron chi connectivity index (χ2n) is 5.77. The van der Waals surface area contributed by atoms with Crippen molar-refractivity contribution in [3.8, 4) is 5.88 Å². The largest absolute Gasteiger partial charge is 0.481 e. The van der Waals surface area contributed by atoms with Crippen LogP contribution in [-0.4, -0.2) is 29.7 Å². The summed E-state index contributed by atoms with van der Waals surface area (Å²) in [5, 5.41) is 3.54. The van der Waals surface area contributed by atoms with Gasteiger partial charge in [-0.15, -0.1) is 0 Å². The fraction of sp³-hybridized carbons (Fsp3) is 0.733. The maximum Gasteiger partial charge on any atom is 0.216 e. The molecule has 1 fully saturated rings. The van der Waals surface area contributed by atoms with E-state index < -0.39 is 0 Å². The van der Waals surface area contributed by atoms with Crippen LogP contribution < -0.4 is 10.1 Å². The molecule has 1 aliphatic heterocycles. The topological polar surface area (TPSA) is 47.0 Å². The number of aromatic nitrogens is 2. The lowest BCUT2D eigenvalue weighted by molar-refractivity contribution is 0.378. The number of hydrogen-bond donors (Lipinski definition) is 1. The summed E-state index contributed by atoms with van der Waals surface area (Å²) < 4.78 is 5.29. The Kier molecular flexibility index (Phi) is 5.14. The molecule has 0 radical (unpaired) electrons. The van der Waals surface area contributed by atoms with Crippen LogP contribution >= 0.6 is 0 Å². The predicted octanol–water partition coefficient (Wildman–Crippen LogP) is 2.37. The molecule has 0 bridgehead atoms. The first kappa shape index (κ1) is 14.3. The lowest BCUT2D eigenvalue weighted by Gasteiger charge is -2.23. The quantitative estimate of drug-likeness (QED) is 0.886. The van der Waals surface area contributed by atoms with E-state index in [2.05, 4.69) is 29.1 Å². The summed E-state index contributed by atoms with van der Waals surface area (Å²) in [6.07, 6.45) is 5.70. The molecule has 0 aliphatic carbocycles. The average molecular weight is 263 g/mol. The van der Waals surface area contributed by atoms with Crippen molar-refractivity contribution in [2.75, 3.05) is 13.7 Å². The van der Waals surface area contributed by atoms with Crippen LogP contribution in [0.15, 0.2) is 6.07 Å². The minimum Gasteiger partial charge on any atom is -0.481 e. The number of nitrogens with one attached hydrogen (secondary N) is 1. The number of hydrogen-bond acceptors (Lipinski definition) is 4. The summed E-state index contributed by atoms with van der Waals surface area (Å²) in [7, 11) is 1.67. The Morgan fingerprint density at radius 3 is 2.84 bits per heavy atom. The second kappa shape index (κ2) is 6.85. The molecule has 1 saturated heterocycles. The third-order valence-electron chi connectivity index (χ3n) is 3.47. The highest BCUT2D eigenvalue weighted by Gasteiger charge is 2.16. The monoisotopic (exact) mass is 263 g/mol. The molecule has 106 valence electrons. The summed E-state index contributed by atoms with van der Waals surface area (Å²) in [5.41, 5.74) is 1.09. The Bertz CT molecular complexity index is 400. The molecule has 1 aromatic heterocycles. The van der Waals surface area contributed by atoms with E-state index in [-0.39, 0.29) is 0 Å². The van der Waals surface area contributed by atoms with Gasteiger partial charge in [0.15, 0.2) is 0 Å². The highest BCUT2D eigenvalue weighted by Crippen LogP contribution is 2.16. The average Bonchev–Trinajstić information content (AvgIpc) is 2.38. The Labute approximate surface area is 116 Å². The summed E-state index contributed by atoms with van der Waals surface area (Å²) >= 11 is 0. The molecule has 0 aromatic carbocycles. The molecule has 0 amide bonds. The summed E-state index contributed by atoms with van der Waals surface area (Å²) in [6.45, 7) is 5.53. The first-order valence-corrected chi connectivity index (χ1v) is 7.31. The maximum absolute atomic E-state index is 5.29. The standard InChI is InChI=1S/C15H25N3O/c1-11(2)8-13-10-15(19-3)18-14(17-13)9-12-6-4-5-7-16-12/h10-12,16H,4-9H2,1-3H3. The first-order chi connectivity index (χ1) is 9.17. The molecular weight excluding hydrogens is 238 g/mol. The fourth-order valence-electron chi connectivity index (χ4n) is 2.56. The van der Waals surface area contributed by atoms with Crippen LogP contribution in [0.1, 0.15) is 44.6 Å². The molecule has 1 atom stereocenters. The predicted molar refractivity (Wildman–Crippen MR) is 76.5 cm³/mol. The van der Waals surface area contributed by atoms with Gasteiger partial charge in [0.25, 0.3) is 0 Å². The minimum absolute atomic E-state index is 0.521. The maximum atomic E-state index is 5.29. The van der Waals surface area contributed by atoms with Crippen molar-refractivity contribution in [3.05, 3.63) is 17.6 Å². The van der Waals surface area contributed by atoms with Gasteiger partial charge < -0.3 is 10.1 Å². The van der Waals surface area contributed by atoms with Gasteiger partial charge in [-0.2, -0.15) is 4.98 Å². The van der Waals surface area contributed by atoms with Crippen molar-refractivity contribution < 1.29 is 4.74 Å². The van der Waals surface area contributed by atoms with E-state index >= 15 is 0 Å². The van der Waals surface area contributed by atoms with Crippen molar-refractivity contribution in [3.63, 3.8) is 0 Å². The number of rotatable bonds is 5. The van der Waals surface area contributed by atoms with E-state index in [1.165, 1.54) is 19.3 Å². The molecule has 2 heterocycles. The highest BCUT2D eigenvalue weighted by molar-refractivity contribution is 5.17. The van der Waals surface area contributed by atoms with Crippen LogP contribution in [-0.2, 0) is 12.8 Å². The summed E-state index contributed by atoms with van der Waals surface area (Å²) in [4.78, 5) is 9.16. The third kappa shape index (κ3) is 4.46. The van der Waals surface area contributed by atoms with Crippen molar-refractivity contribution in [1.29, 1.82) is 0 Å². The van der Waals surface area contributed by atoms with Gasteiger partial charge in [-0.25, -0.2) is 4.98 Å². The van der Waals surface area contributed by atoms with Crippen molar-refractivity contribution in [2.24, 2.45) is 5.92 Å². The van der Waals surface area contributed by atoms with Crippen LogP contribution in [0.3, 0.4) is 0 Å². The molecule has 2 rings (SSSR count). The van der Waals surface area contributed by atoms with Crippen molar-refractivity contribution >= 4 is 0 Å². The zero-order valence-electron chi connectivity index (χ0n) is 12.3. The van der Waals surface area contributed by atoms with Gasteiger partial charge in [0.2, 0.25) is 5.88 Å². The molecular formula is C15H25N3O. The number of nitrogens with zero attached hydrogens (tertiary/aromatic N) is 2. The van der Waals surface area contributed by atoms with Gasteiger partial charge in [-0.1, -0.05) is 20.3 Å². The highest BCUT2D eigenvalue weighted by atomic mass is 16.5. The smallest absolute Gasteiger partial charge is 0.216 e. The summed E-state index contributed by atoms with van der Waals surface area (Å²) in [5.74, 6) is 2.20. The third-order valence-corrected chi connectivity index (χ3v) is 3.47. The van der Waals surface area contributed by atoms with Gasteiger partial charge in [0.1, 0.15) is 5.82 Å². The van der Waals surface area contributed by atoms with Gasteiger partial charge >= 0.3 is 0 Å².